The highest BCUT2D eigenvalue weighted by atomic mass is 16.1. The zero-order valence-electron chi connectivity index (χ0n) is 12.5. The predicted octanol–water partition coefficient (Wildman–Crippen LogP) is 1.40. The van der Waals surface area contributed by atoms with Crippen molar-refractivity contribution < 1.29 is 4.79 Å². The van der Waals surface area contributed by atoms with Crippen LogP contribution in [0, 0.1) is 5.92 Å². The molecule has 0 radical (unpaired) electrons. The van der Waals surface area contributed by atoms with E-state index in [1.165, 1.54) is 0 Å². The zero-order valence-corrected chi connectivity index (χ0v) is 12.5. The van der Waals surface area contributed by atoms with Crippen molar-refractivity contribution in [3.05, 3.63) is 42.5 Å². The van der Waals surface area contributed by atoms with Crippen molar-refractivity contribution in [1.29, 1.82) is 0 Å². The quantitative estimate of drug-likeness (QED) is 0.874. The second-order valence-electron chi connectivity index (χ2n) is 5.72. The number of benzene rings is 1. The van der Waals surface area contributed by atoms with Crippen LogP contribution in [0.4, 0.5) is 0 Å². The van der Waals surface area contributed by atoms with Crippen LogP contribution in [0.15, 0.2) is 36.7 Å². The van der Waals surface area contributed by atoms with Gasteiger partial charge in [0, 0.05) is 6.04 Å². The van der Waals surface area contributed by atoms with Gasteiger partial charge >= 0.3 is 0 Å². The number of primary amides is 1. The highest BCUT2D eigenvalue weighted by Crippen LogP contribution is 2.24. The summed E-state index contributed by atoms with van der Waals surface area (Å²) in [6.07, 6.45) is 5.77. The molecule has 22 heavy (non-hydrogen) atoms. The number of nitrogens with one attached hydrogen (secondary N) is 1. The average molecular weight is 299 g/mol. The lowest BCUT2D eigenvalue weighted by Crippen LogP contribution is -2.44. The second-order valence-corrected chi connectivity index (χ2v) is 5.72. The lowest BCUT2D eigenvalue weighted by atomic mass is 9.84. The monoisotopic (exact) mass is 299 g/mol. The molecule has 2 atom stereocenters. The highest BCUT2D eigenvalue weighted by Gasteiger charge is 2.29. The number of hydrogen-bond acceptors (Lipinski definition) is 4. The zero-order chi connectivity index (χ0) is 15.4. The summed E-state index contributed by atoms with van der Waals surface area (Å²) in [5.74, 6) is 0.433. The summed E-state index contributed by atoms with van der Waals surface area (Å²) in [5, 5.41) is 7.86. The standard InChI is InChI=1S/C16H21N5O/c17-16(22)13-8-4-5-9-14(13)18-10-15-19-11-21(20-15)12-6-2-1-3-7-12/h1-3,6-7,11,13-14,18H,4-5,8-10H2,(H2,17,22). The lowest BCUT2D eigenvalue weighted by Gasteiger charge is -2.29. The number of carbonyl (C=O) groups is 1. The number of para-hydroxylation sites is 1. The molecule has 1 aromatic carbocycles. The Morgan fingerprint density at radius 3 is 2.82 bits per heavy atom. The lowest BCUT2D eigenvalue weighted by molar-refractivity contribution is -0.123. The first-order valence-electron chi connectivity index (χ1n) is 7.72. The topological polar surface area (TPSA) is 85.8 Å². The van der Waals surface area contributed by atoms with E-state index in [4.69, 9.17) is 5.73 Å². The average Bonchev–Trinajstić information content (AvgIpc) is 3.03. The molecule has 0 aliphatic heterocycles. The number of carbonyl (C=O) groups excluding carboxylic acids is 1. The van der Waals surface area contributed by atoms with Crippen molar-refractivity contribution in [3.8, 4) is 5.69 Å². The Kier molecular flexibility index (Phi) is 4.48. The molecule has 3 rings (SSSR count). The van der Waals surface area contributed by atoms with Crippen molar-refractivity contribution in [2.75, 3.05) is 0 Å². The maximum atomic E-state index is 11.5. The Morgan fingerprint density at radius 2 is 2.05 bits per heavy atom. The Labute approximate surface area is 129 Å². The molecule has 116 valence electrons. The van der Waals surface area contributed by atoms with Gasteiger partial charge in [0.05, 0.1) is 18.2 Å². The Bertz CT molecular complexity index is 624. The smallest absolute Gasteiger partial charge is 0.222 e. The molecule has 6 nitrogen and oxygen atoms in total. The second kappa shape index (κ2) is 6.70. The van der Waals surface area contributed by atoms with Crippen molar-refractivity contribution >= 4 is 5.91 Å². The molecular weight excluding hydrogens is 278 g/mol. The SMILES string of the molecule is NC(=O)C1CCCCC1NCc1ncn(-c2ccccc2)n1. The minimum atomic E-state index is -0.208. The van der Waals surface area contributed by atoms with E-state index in [9.17, 15) is 4.79 Å². The van der Waals surface area contributed by atoms with E-state index in [-0.39, 0.29) is 17.9 Å². The van der Waals surface area contributed by atoms with E-state index in [1.807, 2.05) is 30.3 Å². The summed E-state index contributed by atoms with van der Waals surface area (Å²) in [5.41, 5.74) is 6.47. The van der Waals surface area contributed by atoms with Gasteiger partial charge in [0.25, 0.3) is 0 Å². The van der Waals surface area contributed by atoms with Crippen LogP contribution in [0.3, 0.4) is 0 Å². The Morgan fingerprint density at radius 1 is 1.27 bits per heavy atom. The number of amides is 1. The molecule has 1 heterocycles. The molecule has 2 aromatic rings. The highest BCUT2D eigenvalue weighted by molar-refractivity contribution is 5.77. The van der Waals surface area contributed by atoms with E-state index < -0.39 is 0 Å². The van der Waals surface area contributed by atoms with E-state index in [2.05, 4.69) is 15.4 Å². The van der Waals surface area contributed by atoms with Crippen LogP contribution in [0.1, 0.15) is 31.5 Å². The maximum absolute atomic E-state index is 11.5. The molecule has 1 aliphatic carbocycles. The van der Waals surface area contributed by atoms with Crippen LogP contribution >= 0.6 is 0 Å². The summed E-state index contributed by atoms with van der Waals surface area (Å²) in [6.45, 7) is 0.550. The van der Waals surface area contributed by atoms with Crippen molar-refractivity contribution in [2.24, 2.45) is 11.7 Å². The van der Waals surface area contributed by atoms with Gasteiger partial charge in [-0.2, -0.15) is 0 Å². The number of nitrogens with zero attached hydrogens (tertiary/aromatic N) is 3. The van der Waals surface area contributed by atoms with Crippen LogP contribution in [0.25, 0.3) is 5.69 Å². The van der Waals surface area contributed by atoms with Gasteiger partial charge in [-0.25, -0.2) is 9.67 Å². The van der Waals surface area contributed by atoms with Gasteiger partial charge in [0.15, 0.2) is 5.82 Å². The number of hydrogen-bond donors (Lipinski definition) is 2. The van der Waals surface area contributed by atoms with Crippen LogP contribution in [0.2, 0.25) is 0 Å². The first-order chi connectivity index (χ1) is 10.7. The summed E-state index contributed by atoms with van der Waals surface area (Å²) in [7, 11) is 0. The number of nitrogens with two attached hydrogens (primary N) is 1. The fourth-order valence-corrected chi connectivity index (χ4v) is 3.02. The van der Waals surface area contributed by atoms with Gasteiger partial charge < -0.3 is 11.1 Å². The van der Waals surface area contributed by atoms with E-state index in [0.717, 1.165) is 37.2 Å². The maximum Gasteiger partial charge on any atom is 0.222 e. The molecule has 6 heteroatoms. The van der Waals surface area contributed by atoms with E-state index in [1.54, 1.807) is 11.0 Å². The van der Waals surface area contributed by atoms with E-state index >= 15 is 0 Å². The minimum absolute atomic E-state index is 0.0787. The molecule has 1 aliphatic rings. The first-order valence-corrected chi connectivity index (χ1v) is 7.72. The molecule has 1 saturated carbocycles. The molecule has 1 aromatic heterocycles. The molecule has 1 fully saturated rings. The fourth-order valence-electron chi connectivity index (χ4n) is 3.02. The molecule has 0 saturated heterocycles. The molecule has 0 spiro atoms. The van der Waals surface area contributed by atoms with Crippen LogP contribution in [-0.2, 0) is 11.3 Å². The molecule has 1 amide bonds. The third-order valence-corrected chi connectivity index (χ3v) is 4.21. The van der Waals surface area contributed by atoms with E-state index in [0.29, 0.717) is 6.54 Å². The predicted molar refractivity (Wildman–Crippen MR) is 83.1 cm³/mol. The molecular formula is C16H21N5O. The van der Waals surface area contributed by atoms with Gasteiger partial charge in [-0.15, -0.1) is 5.10 Å². The summed E-state index contributed by atoms with van der Waals surface area (Å²) in [4.78, 5) is 15.8. The van der Waals surface area contributed by atoms with Crippen molar-refractivity contribution in [3.63, 3.8) is 0 Å². The Balaban J connectivity index is 1.62. The normalized spacial score (nSPS) is 21.6. The van der Waals surface area contributed by atoms with Gasteiger partial charge in [0.2, 0.25) is 5.91 Å². The molecule has 0 bridgehead atoms. The summed E-state index contributed by atoms with van der Waals surface area (Å²) in [6, 6.07) is 10.0. The molecule has 2 unspecified atom stereocenters. The third kappa shape index (κ3) is 3.33. The molecule has 3 N–H and O–H groups in total. The van der Waals surface area contributed by atoms with Crippen LogP contribution < -0.4 is 11.1 Å². The fraction of sp³-hybridized carbons (Fsp3) is 0.438. The Hall–Kier alpha value is -2.21. The van der Waals surface area contributed by atoms with Gasteiger partial charge in [0.1, 0.15) is 6.33 Å². The third-order valence-electron chi connectivity index (χ3n) is 4.21. The number of aromatic nitrogens is 3. The minimum Gasteiger partial charge on any atom is -0.369 e. The van der Waals surface area contributed by atoms with Gasteiger partial charge in [-0.1, -0.05) is 31.0 Å². The van der Waals surface area contributed by atoms with Crippen molar-refractivity contribution in [1.82, 2.24) is 20.1 Å². The van der Waals surface area contributed by atoms with Crippen LogP contribution in [0.5, 0.6) is 0 Å². The van der Waals surface area contributed by atoms with Gasteiger partial charge in [-0.3, -0.25) is 4.79 Å². The summed E-state index contributed by atoms with van der Waals surface area (Å²) < 4.78 is 1.75. The number of rotatable bonds is 5. The largest absolute Gasteiger partial charge is 0.369 e. The van der Waals surface area contributed by atoms with Crippen LogP contribution in [-0.4, -0.2) is 26.7 Å². The van der Waals surface area contributed by atoms with Gasteiger partial charge in [-0.05, 0) is 25.0 Å². The van der Waals surface area contributed by atoms with Crippen molar-refractivity contribution in [2.45, 2.75) is 38.3 Å². The summed E-state index contributed by atoms with van der Waals surface area (Å²) >= 11 is 0. The first kappa shape index (κ1) is 14.7.